The number of anilines is 1. The van der Waals surface area contributed by atoms with Crippen LogP contribution in [0.3, 0.4) is 0 Å². The molecular weight excluding hydrogens is 225 g/mol. The lowest BCUT2D eigenvalue weighted by atomic mass is 9.77. The van der Waals surface area contributed by atoms with Crippen molar-refractivity contribution in [3.63, 3.8) is 0 Å². The molecule has 0 spiro atoms. The molecule has 1 fully saturated rings. The smallest absolute Gasteiger partial charge is 0.337 e. The van der Waals surface area contributed by atoms with Gasteiger partial charge in [0.15, 0.2) is 0 Å². The number of benzene rings is 1. The summed E-state index contributed by atoms with van der Waals surface area (Å²) in [4.78, 5) is 11.0. The van der Waals surface area contributed by atoms with Crippen LogP contribution in [0.2, 0.25) is 0 Å². The summed E-state index contributed by atoms with van der Waals surface area (Å²) in [7, 11) is 0. The van der Waals surface area contributed by atoms with Gasteiger partial charge in [0.25, 0.3) is 0 Å². The van der Waals surface area contributed by atoms with Gasteiger partial charge in [-0.3, -0.25) is 0 Å². The highest BCUT2D eigenvalue weighted by atomic mass is 19.1. The molecule has 0 aliphatic heterocycles. The summed E-state index contributed by atoms with van der Waals surface area (Å²) in [5.41, 5.74) is -0.195. The van der Waals surface area contributed by atoms with Crippen molar-refractivity contribution in [2.75, 3.05) is 11.9 Å². The Bertz CT molecular complexity index is 438. The van der Waals surface area contributed by atoms with Crippen molar-refractivity contribution < 1.29 is 19.4 Å². The minimum atomic E-state index is -1.18. The summed E-state index contributed by atoms with van der Waals surface area (Å²) in [6.07, 6.45) is 2.58. The molecule has 0 radical (unpaired) electrons. The highest BCUT2D eigenvalue weighted by Crippen LogP contribution is 2.35. The number of rotatable bonds is 4. The summed E-state index contributed by atoms with van der Waals surface area (Å²) in [5.74, 6) is -1.76. The van der Waals surface area contributed by atoms with Crippen LogP contribution >= 0.6 is 0 Å². The zero-order valence-corrected chi connectivity index (χ0v) is 9.24. The molecule has 2 rings (SSSR count). The van der Waals surface area contributed by atoms with Gasteiger partial charge in [-0.05, 0) is 37.5 Å². The van der Waals surface area contributed by atoms with E-state index >= 15 is 0 Å². The van der Waals surface area contributed by atoms with Crippen molar-refractivity contribution in [3.8, 4) is 0 Å². The number of halogens is 1. The summed E-state index contributed by atoms with van der Waals surface area (Å²) in [6, 6.07) is 3.58. The minimum Gasteiger partial charge on any atom is -0.478 e. The van der Waals surface area contributed by atoms with Gasteiger partial charge < -0.3 is 15.5 Å². The van der Waals surface area contributed by atoms with Gasteiger partial charge in [-0.15, -0.1) is 0 Å². The molecule has 1 aromatic carbocycles. The van der Waals surface area contributed by atoms with Crippen LogP contribution in [0.25, 0.3) is 0 Å². The average Bonchev–Trinajstić information content (AvgIpc) is 2.25. The molecule has 1 aliphatic carbocycles. The average molecular weight is 239 g/mol. The lowest BCUT2D eigenvalue weighted by Crippen LogP contribution is -2.48. The number of carboxylic acid groups (broad SMARTS) is 1. The maximum atomic E-state index is 13.0. The second-order valence-electron chi connectivity index (χ2n) is 4.41. The zero-order chi connectivity index (χ0) is 12.5. The van der Waals surface area contributed by atoms with Crippen LogP contribution in [-0.2, 0) is 0 Å². The van der Waals surface area contributed by atoms with E-state index in [0.717, 1.165) is 25.3 Å². The fourth-order valence-electron chi connectivity index (χ4n) is 2.01. The zero-order valence-electron chi connectivity index (χ0n) is 9.24. The van der Waals surface area contributed by atoms with E-state index in [2.05, 4.69) is 5.32 Å². The number of aliphatic hydroxyl groups excluding tert-OH is 1. The Hall–Kier alpha value is -1.62. The molecule has 0 atom stereocenters. The number of carbonyl (C=O) groups is 1. The van der Waals surface area contributed by atoms with E-state index in [0.29, 0.717) is 5.69 Å². The molecule has 1 saturated carbocycles. The lowest BCUT2D eigenvalue weighted by molar-refractivity contribution is 0.0696. The van der Waals surface area contributed by atoms with Crippen molar-refractivity contribution in [2.24, 2.45) is 0 Å². The second kappa shape index (κ2) is 4.33. The first kappa shape index (κ1) is 11.9. The van der Waals surface area contributed by atoms with E-state index in [9.17, 15) is 14.3 Å². The van der Waals surface area contributed by atoms with Crippen LogP contribution < -0.4 is 5.32 Å². The van der Waals surface area contributed by atoms with Gasteiger partial charge in [-0.1, -0.05) is 0 Å². The van der Waals surface area contributed by atoms with Crippen LogP contribution in [0.15, 0.2) is 18.2 Å². The Balaban J connectivity index is 2.29. The molecule has 4 nitrogen and oxygen atoms in total. The van der Waals surface area contributed by atoms with Crippen molar-refractivity contribution in [1.29, 1.82) is 0 Å². The number of hydrogen-bond donors (Lipinski definition) is 3. The molecule has 92 valence electrons. The van der Waals surface area contributed by atoms with Gasteiger partial charge in [0, 0.05) is 5.69 Å². The first-order valence-corrected chi connectivity index (χ1v) is 5.48. The summed E-state index contributed by atoms with van der Waals surface area (Å²) in [6.45, 7) is -0.0521. The van der Waals surface area contributed by atoms with Crippen LogP contribution in [0, 0.1) is 5.82 Å². The topological polar surface area (TPSA) is 69.6 Å². The molecule has 5 heteroatoms. The minimum absolute atomic E-state index is 0.0521. The summed E-state index contributed by atoms with van der Waals surface area (Å²) in [5, 5.41) is 21.3. The van der Waals surface area contributed by atoms with Crippen LogP contribution in [0.1, 0.15) is 29.6 Å². The van der Waals surface area contributed by atoms with E-state index in [-0.39, 0.29) is 12.2 Å². The number of aliphatic hydroxyl groups is 1. The number of hydrogen-bond acceptors (Lipinski definition) is 3. The summed E-state index contributed by atoms with van der Waals surface area (Å²) < 4.78 is 13.0. The standard InChI is InChI=1S/C12H14FNO3/c13-8-2-3-10(9(6-8)11(16)17)14-12(7-15)4-1-5-12/h2-3,6,14-15H,1,4-5,7H2,(H,16,17). The maximum Gasteiger partial charge on any atom is 0.337 e. The Morgan fingerprint density at radius 3 is 2.65 bits per heavy atom. The van der Waals surface area contributed by atoms with Gasteiger partial charge in [0.05, 0.1) is 17.7 Å². The Labute approximate surface area is 98.1 Å². The Kier molecular flexibility index (Phi) is 3.02. The predicted octanol–water partition coefficient (Wildman–Crippen LogP) is 1.85. The largest absolute Gasteiger partial charge is 0.478 e. The monoisotopic (exact) mass is 239 g/mol. The normalized spacial score (nSPS) is 17.3. The molecule has 0 amide bonds. The number of aromatic carboxylic acids is 1. The maximum absolute atomic E-state index is 13.0. The van der Waals surface area contributed by atoms with Crippen LogP contribution in [-0.4, -0.2) is 28.3 Å². The lowest BCUT2D eigenvalue weighted by Gasteiger charge is -2.42. The van der Waals surface area contributed by atoms with Crippen molar-refractivity contribution in [2.45, 2.75) is 24.8 Å². The molecule has 17 heavy (non-hydrogen) atoms. The van der Waals surface area contributed by atoms with E-state index in [1.165, 1.54) is 12.1 Å². The third-order valence-corrected chi connectivity index (χ3v) is 3.23. The molecule has 0 unspecified atom stereocenters. The van der Waals surface area contributed by atoms with Crippen LogP contribution in [0.4, 0.5) is 10.1 Å². The van der Waals surface area contributed by atoms with E-state index < -0.39 is 17.3 Å². The fourth-order valence-corrected chi connectivity index (χ4v) is 2.01. The Morgan fingerprint density at radius 2 is 2.18 bits per heavy atom. The van der Waals surface area contributed by atoms with E-state index in [4.69, 9.17) is 5.11 Å². The highest BCUT2D eigenvalue weighted by Gasteiger charge is 2.36. The Morgan fingerprint density at radius 1 is 1.47 bits per heavy atom. The van der Waals surface area contributed by atoms with Gasteiger partial charge in [-0.25, -0.2) is 9.18 Å². The van der Waals surface area contributed by atoms with Gasteiger partial charge in [-0.2, -0.15) is 0 Å². The van der Waals surface area contributed by atoms with Crippen molar-refractivity contribution in [1.82, 2.24) is 0 Å². The third kappa shape index (κ3) is 2.24. The molecule has 1 aliphatic rings. The third-order valence-electron chi connectivity index (χ3n) is 3.23. The van der Waals surface area contributed by atoms with Crippen molar-refractivity contribution >= 4 is 11.7 Å². The first-order chi connectivity index (χ1) is 8.06. The number of nitrogens with one attached hydrogen (secondary N) is 1. The van der Waals surface area contributed by atoms with Crippen LogP contribution in [0.5, 0.6) is 0 Å². The first-order valence-electron chi connectivity index (χ1n) is 5.48. The molecule has 1 aromatic rings. The fraction of sp³-hybridized carbons (Fsp3) is 0.417. The molecular formula is C12H14FNO3. The van der Waals surface area contributed by atoms with E-state index in [1.54, 1.807) is 0 Å². The molecule has 0 heterocycles. The van der Waals surface area contributed by atoms with Gasteiger partial charge >= 0.3 is 5.97 Å². The molecule has 0 bridgehead atoms. The van der Waals surface area contributed by atoms with Gasteiger partial charge in [0.1, 0.15) is 5.82 Å². The molecule has 3 N–H and O–H groups in total. The second-order valence-corrected chi connectivity index (χ2v) is 4.41. The molecule has 0 aromatic heterocycles. The number of carboxylic acids is 1. The summed E-state index contributed by atoms with van der Waals surface area (Å²) >= 11 is 0. The quantitative estimate of drug-likeness (QED) is 0.750. The molecule has 0 saturated heterocycles. The predicted molar refractivity (Wildman–Crippen MR) is 60.6 cm³/mol. The van der Waals surface area contributed by atoms with E-state index in [1.807, 2.05) is 0 Å². The van der Waals surface area contributed by atoms with Gasteiger partial charge in [0.2, 0.25) is 0 Å². The van der Waals surface area contributed by atoms with Crippen molar-refractivity contribution in [3.05, 3.63) is 29.6 Å². The SMILES string of the molecule is O=C(O)c1cc(F)ccc1NC1(CO)CCC1. The highest BCUT2D eigenvalue weighted by molar-refractivity contribution is 5.94.